The van der Waals surface area contributed by atoms with E-state index in [1.807, 2.05) is 0 Å². The lowest BCUT2D eigenvalue weighted by molar-refractivity contribution is -0.180. The fraction of sp³-hybridized carbons (Fsp3) is 0.462. The fourth-order valence-electron chi connectivity index (χ4n) is 2.06. The number of aliphatic carboxylic acids is 1. The van der Waals surface area contributed by atoms with Crippen molar-refractivity contribution in [2.24, 2.45) is 0 Å². The van der Waals surface area contributed by atoms with Gasteiger partial charge in [0.25, 0.3) is 5.91 Å². The van der Waals surface area contributed by atoms with Crippen molar-refractivity contribution < 1.29 is 37.7 Å². The van der Waals surface area contributed by atoms with E-state index >= 15 is 0 Å². The lowest BCUT2D eigenvalue weighted by Crippen LogP contribution is -2.60. The second kappa shape index (κ2) is 6.91. The van der Waals surface area contributed by atoms with E-state index in [4.69, 9.17) is 9.84 Å². The molecular formula is C13H14ClF3N2O5. The topological polar surface area (TPSA) is 100.0 Å². The number of aromatic nitrogens is 1. The number of morpholine rings is 1. The Morgan fingerprint density at radius 1 is 1.42 bits per heavy atom. The molecule has 2 atom stereocenters. The number of aliphatic hydroxyl groups is 1. The molecule has 1 amide bonds. The van der Waals surface area contributed by atoms with Gasteiger partial charge in [0.2, 0.25) is 0 Å². The Labute approximate surface area is 140 Å². The first-order valence-electron chi connectivity index (χ1n) is 6.48. The molecule has 7 nitrogen and oxygen atoms in total. The van der Waals surface area contributed by atoms with Crippen molar-refractivity contribution in [2.45, 2.75) is 24.8 Å². The molecule has 0 aromatic carbocycles. The highest BCUT2D eigenvalue weighted by molar-refractivity contribution is 6.00. The van der Waals surface area contributed by atoms with Gasteiger partial charge in [-0.15, -0.1) is 12.4 Å². The summed E-state index contributed by atoms with van der Waals surface area (Å²) < 4.78 is 43.1. The minimum absolute atomic E-state index is 0. The van der Waals surface area contributed by atoms with Gasteiger partial charge >= 0.3 is 12.1 Å². The molecule has 0 spiro atoms. The van der Waals surface area contributed by atoms with Gasteiger partial charge in [0.05, 0.1) is 13.2 Å². The molecule has 1 fully saturated rings. The Morgan fingerprint density at radius 2 is 2.04 bits per heavy atom. The summed E-state index contributed by atoms with van der Waals surface area (Å²) in [5.74, 6) is -2.95. The molecule has 1 aromatic heterocycles. The summed E-state index contributed by atoms with van der Waals surface area (Å²) in [7, 11) is 0. The zero-order chi connectivity index (χ0) is 17.4. The summed E-state index contributed by atoms with van der Waals surface area (Å²) in [6.07, 6.45) is -6.43. The van der Waals surface area contributed by atoms with Crippen LogP contribution in [0.2, 0.25) is 0 Å². The number of carboxylic acids is 1. The molecule has 24 heavy (non-hydrogen) atoms. The molecule has 1 aromatic rings. The summed E-state index contributed by atoms with van der Waals surface area (Å²) in [5.41, 5.74) is -3.70. The molecule has 2 unspecified atom stereocenters. The zero-order valence-corrected chi connectivity index (χ0v) is 13.1. The summed E-state index contributed by atoms with van der Waals surface area (Å²) in [5, 5.41) is 18.8. The van der Waals surface area contributed by atoms with E-state index in [1.54, 1.807) is 0 Å². The van der Waals surface area contributed by atoms with Gasteiger partial charge in [0.15, 0.2) is 11.7 Å². The molecule has 2 heterocycles. The first-order valence-corrected chi connectivity index (χ1v) is 6.48. The van der Waals surface area contributed by atoms with Crippen LogP contribution in [0.5, 0.6) is 0 Å². The number of amides is 1. The molecule has 1 aliphatic rings. The number of pyridine rings is 1. The van der Waals surface area contributed by atoms with Crippen LogP contribution in [-0.4, -0.2) is 51.9 Å². The van der Waals surface area contributed by atoms with E-state index in [-0.39, 0.29) is 31.4 Å². The molecule has 1 aliphatic heterocycles. The molecule has 1 saturated heterocycles. The Morgan fingerprint density at radius 3 is 2.58 bits per heavy atom. The average molecular weight is 371 g/mol. The van der Waals surface area contributed by atoms with Crippen LogP contribution in [0.4, 0.5) is 19.0 Å². The van der Waals surface area contributed by atoms with Gasteiger partial charge in [-0.05, 0) is 19.1 Å². The van der Waals surface area contributed by atoms with Gasteiger partial charge in [0, 0.05) is 0 Å². The molecular weight excluding hydrogens is 357 g/mol. The Hall–Kier alpha value is -1.91. The largest absolute Gasteiger partial charge is 0.479 e. The lowest BCUT2D eigenvalue weighted by Gasteiger charge is -2.36. The molecule has 0 saturated carbocycles. The third-order valence-corrected chi connectivity index (χ3v) is 3.33. The number of anilines is 1. The molecule has 2 N–H and O–H groups in total. The minimum Gasteiger partial charge on any atom is -0.479 e. The van der Waals surface area contributed by atoms with E-state index in [9.17, 15) is 27.9 Å². The Balaban J connectivity index is 0.00000288. The summed E-state index contributed by atoms with van der Waals surface area (Å²) in [6, 6.07) is 3.02. The maximum Gasteiger partial charge on any atom is 0.433 e. The van der Waals surface area contributed by atoms with E-state index in [1.165, 1.54) is 6.07 Å². The summed E-state index contributed by atoms with van der Waals surface area (Å²) in [6.45, 7) is 0.609. The van der Waals surface area contributed by atoms with E-state index in [0.29, 0.717) is 0 Å². The van der Waals surface area contributed by atoms with Crippen LogP contribution in [0.25, 0.3) is 0 Å². The Bertz CT molecular complexity index is 638. The molecule has 134 valence electrons. The molecule has 2 rings (SSSR count). The maximum atomic E-state index is 12.7. The highest BCUT2D eigenvalue weighted by Gasteiger charge is 2.49. The van der Waals surface area contributed by atoms with Gasteiger partial charge in [-0.1, -0.05) is 6.07 Å². The third-order valence-electron chi connectivity index (χ3n) is 3.33. The van der Waals surface area contributed by atoms with Crippen LogP contribution in [0, 0.1) is 0 Å². The second-order valence-corrected chi connectivity index (χ2v) is 5.07. The van der Waals surface area contributed by atoms with Gasteiger partial charge in [-0.3, -0.25) is 9.69 Å². The highest BCUT2D eigenvalue weighted by Crippen LogP contribution is 2.30. The smallest absolute Gasteiger partial charge is 0.433 e. The number of alkyl halides is 3. The number of ether oxygens (including phenoxy) is 1. The number of carbonyl (C=O) groups excluding carboxylic acids is 1. The number of carboxylic acid groups (broad SMARTS) is 1. The van der Waals surface area contributed by atoms with Gasteiger partial charge in [-0.25, -0.2) is 9.78 Å². The van der Waals surface area contributed by atoms with Crippen LogP contribution >= 0.6 is 12.4 Å². The van der Waals surface area contributed by atoms with Crippen LogP contribution in [-0.2, 0) is 20.5 Å². The van der Waals surface area contributed by atoms with Crippen molar-refractivity contribution in [1.29, 1.82) is 0 Å². The fourth-order valence-corrected chi connectivity index (χ4v) is 2.06. The third kappa shape index (κ3) is 3.77. The first kappa shape index (κ1) is 20.1. The second-order valence-electron chi connectivity index (χ2n) is 5.07. The summed E-state index contributed by atoms with van der Waals surface area (Å²) in [4.78, 5) is 27.6. The van der Waals surface area contributed by atoms with Crippen LogP contribution in [0.1, 0.15) is 12.6 Å². The lowest BCUT2D eigenvalue weighted by atomic mass is 9.97. The Kier molecular flexibility index (Phi) is 5.80. The van der Waals surface area contributed by atoms with Crippen molar-refractivity contribution in [3.8, 4) is 0 Å². The van der Waals surface area contributed by atoms with E-state index in [0.717, 1.165) is 24.0 Å². The number of hydrogen-bond acceptors (Lipinski definition) is 5. The number of hydrogen-bond donors (Lipinski definition) is 2. The monoisotopic (exact) mass is 370 g/mol. The highest BCUT2D eigenvalue weighted by atomic mass is 35.5. The zero-order valence-electron chi connectivity index (χ0n) is 12.3. The van der Waals surface area contributed by atoms with Crippen molar-refractivity contribution >= 4 is 30.1 Å². The van der Waals surface area contributed by atoms with Crippen molar-refractivity contribution in [3.05, 3.63) is 23.9 Å². The maximum absolute atomic E-state index is 12.7. The van der Waals surface area contributed by atoms with Crippen LogP contribution in [0.15, 0.2) is 18.2 Å². The SMILES string of the molecule is CC(O)(C(=O)O)C1OCCN(c2cccc(C(F)(F)F)n2)C1=O.Cl. The summed E-state index contributed by atoms with van der Waals surface area (Å²) >= 11 is 0. The average Bonchev–Trinajstić information content (AvgIpc) is 2.46. The predicted molar refractivity (Wildman–Crippen MR) is 76.8 cm³/mol. The van der Waals surface area contributed by atoms with Gasteiger partial charge in [-0.2, -0.15) is 13.2 Å². The number of carbonyl (C=O) groups is 2. The molecule has 0 bridgehead atoms. The van der Waals surface area contributed by atoms with Crippen molar-refractivity contribution in [2.75, 3.05) is 18.1 Å². The van der Waals surface area contributed by atoms with Crippen LogP contribution < -0.4 is 4.90 Å². The van der Waals surface area contributed by atoms with E-state index < -0.39 is 35.5 Å². The molecule has 11 heteroatoms. The predicted octanol–water partition coefficient (Wildman–Crippen LogP) is 1.09. The number of nitrogens with zero attached hydrogens (tertiary/aromatic N) is 2. The quantitative estimate of drug-likeness (QED) is 0.826. The van der Waals surface area contributed by atoms with Crippen molar-refractivity contribution in [3.63, 3.8) is 0 Å². The molecule has 0 aliphatic carbocycles. The van der Waals surface area contributed by atoms with Gasteiger partial charge < -0.3 is 14.9 Å². The minimum atomic E-state index is -4.68. The van der Waals surface area contributed by atoms with Crippen molar-refractivity contribution in [1.82, 2.24) is 4.98 Å². The van der Waals surface area contributed by atoms with Crippen LogP contribution in [0.3, 0.4) is 0 Å². The first-order chi connectivity index (χ1) is 10.5. The number of halogens is 4. The van der Waals surface area contributed by atoms with Gasteiger partial charge in [0.1, 0.15) is 11.5 Å². The number of rotatable bonds is 3. The standard InChI is InChI=1S/C13H13F3N2O5.ClH/c1-12(22,11(20)21)9-10(19)18(5-6-23-9)8-4-2-3-7(17-8)13(14,15)16;/h2-4,9,22H,5-6H2,1H3,(H,20,21);1H. The normalized spacial score (nSPS) is 21.0. The molecule has 0 radical (unpaired) electrons. The van der Waals surface area contributed by atoms with E-state index in [2.05, 4.69) is 4.98 Å².